The zero-order valence-corrected chi connectivity index (χ0v) is 8.48. The van der Waals surface area contributed by atoms with Gasteiger partial charge in [0.25, 0.3) is 0 Å². The average molecular weight is 225 g/mol. The van der Waals surface area contributed by atoms with Crippen molar-refractivity contribution in [3.63, 3.8) is 0 Å². The summed E-state index contributed by atoms with van der Waals surface area (Å²) in [6.07, 6.45) is 2.73. The van der Waals surface area contributed by atoms with Gasteiger partial charge < -0.3 is 9.47 Å². The number of alkyl halides is 2. The molecule has 0 aliphatic heterocycles. The van der Waals surface area contributed by atoms with Crippen molar-refractivity contribution >= 4 is 6.08 Å². The Balaban J connectivity index is 3.01. The van der Waals surface area contributed by atoms with E-state index in [2.05, 4.69) is 4.74 Å². The summed E-state index contributed by atoms with van der Waals surface area (Å²) in [5.74, 6) is 0.159. The first-order chi connectivity index (χ1) is 7.67. The smallest absolute Gasteiger partial charge is 0.387 e. The molecule has 0 heterocycles. The second-order valence-corrected chi connectivity index (χ2v) is 2.75. The summed E-state index contributed by atoms with van der Waals surface area (Å²) in [6, 6.07) is 6.30. The number of halogens is 2. The molecule has 0 radical (unpaired) electrons. The van der Waals surface area contributed by atoms with Crippen molar-refractivity contribution in [2.75, 3.05) is 7.11 Å². The van der Waals surface area contributed by atoms with Crippen molar-refractivity contribution in [2.45, 2.75) is 6.61 Å². The average Bonchev–Trinajstić information content (AvgIpc) is 2.26. The summed E-state index contributed by atoms with van der Waals surface area (Å²) in [6.45, 7) is -2.91. The Morgan fingerprint density at radius 1 is 1.38 bits per heavy atom. The molecule has 0 amide bonds. The zero-order valence-electron chi connectivity index (χ0n) is 8.48. The Labute approximate surface area is 91.5 Å². The van der Waals surface area contributed by atoms with Crippen molar-refractivity contribution in [1.29, 1.82) is 5.26 Å². The lowest BCUT2D eigenvalue weighted by molar-refractivity contribution is -0.0512. The summed E-state index contributed by atoms with van der Waals surface area (Å²) in [5, 5.41) is 8.33. The highest BCUT2D eigenvalue weighted by atomic mass is 19.3. The Bertz CT molecular complexity index is 424. The summed E-state index contributed by atoms with van der Waals surface area (Å²) < 4.78 is 33.3. The van der Waals surface area contributed by atoms with E-state index in [9.17, 15) is 8.78 Å². The first kappa shape index (κ1) is 12.0. The van der Waals surface area contributed by atoms with Crippen LogP contribution in [-0.2, 0) is 0 Å². The second-order valence-electron chi connectivity index (χ2n) is 2.75. The van der Waals surface area contributed by atoms with Gasteiger partial charge in [0.05, 0.1) is 13.2 Å². The fourth-order valence-electron chi connectivity index (χ4n) is 1.12. The number of hydrogen-bond donors (Lipinski definition) is 0. The Morgan fingerprint density at radius 3 is 2.69 bits per heavy atom. The Morgan fingerprint density at radius 2 is 2.12 bits per heavy atom. The van der Waals surface area contributed by atoms with Gasteiger partial charge in [-0.05, 0) is 23.8 Å². The minimum Gasteiger partial charge on any atom is -0.493 e. The number of ether oxygens (including phenoxy) is 2. The molecule has 0 fully saturated rings. The fourth-order valence-corrected chi connectivity index (χ4v) is 1.12. The number of nitriles is 1. The molecule has 5 heteroatoms. The van der Waals surface area contributed by atoms with Crippen LogP contribution < -0.4 is 9.47 Å². The van der Waals surface area contributed by atoms with Crippen LogP contribution in [0.4, 0.5) is 8.78 Å². The Hall–Kier alpha value is -2.09. The standard InChI is InChI=1S/C11H9F2NO2/c1-15-9-5-4-8(3-2-6-14)7-10(9)16-11(12)13/h2-5,7,11H,1H3. The number of methoxy groups -OCH3 is 1. The van der Waals surface area contributed by atoms with Crippen LogP contribution in [0.2, 0.25) is 0 Å². The maximum absolute atomic E-state index is 12.1. The van der Waals surface area contributed by atoms with Crippen LogP contribution in [0.3, 0.4) is 0 Å². The minimum atomic E-state index is -2.91. The lowest BCUT2D eigenvalue weighted by atomic mass is 10.2. The molecule has 0 saturated carbocycles. The molecule has 0 aliphatic carbocycles. The van der Waals surface area contributed by atoms with Gasteiger partial charge in [-0.3, -0.25) is 0 Å². The molecule has 1 rings (SSSR count). The molecule has 0 saturated heterocycles. The third kappa shape index (κ3) is 3.24. The van der Waals surface area contributed by atoms with Crippen molar-refractivity contribution in [1.82, 2.24) is 0 Å². The molecule has 84 valence electrons. The van der Waals surface area contributed by atoms with Crippen LogP contribution in [-0.4, -0.2) is 13.7 Å². The molecule has 3 nitrogen and oxygen atoms in total. The van der Waals surface area contributed by atoms with Crippen molar-refractivity contribution in [3.8, 4) is 17.6 Å². The molecule has 0 aliphatic rings. The normalized spacial score (nSPS) is 10.4. The van der Waals surface area contributed by atoms with Crippen LogP contribution in [0.1, 0.15) is 5.56 Å². The molecule has 1 aromatic rings. The van der Waals surface area contributed by atoms with E-state index in [0.717, 1.165) is 0 Å². The maximum atomic E-state index is 12.1. The first-order valence-corrected chi connectivity index (χ1v) is 4.36. The number of nitrogens with zero attached hydrogens (tertiary/aromatic N) is 1. The van der Waals surface area contributed by atoms with E-state index in [-0.39, 0.29) is 11.5 Å². The van der Waals surface area contributed by atoms with Crippen LogP contribution in [0.5, 0.6) is 11.5 Å². The predicted octanol–water partition coefficient (Wildman–Crippen LogP) is 2.83. The summed E-state index contributed by atoms with van der Waals surface area (Å²) in [5.41, 5.74) is 0.581. The van der Waals surface area contributed by atoms with Gasteiger partial charge >= 0.3 is 6.61 Å². The van der Waals surface area contributed by atoms with Crippen LogP contribution in [0, 0.1) is 11.3 Å². The molecule has 0 N–H and O–H groups in total. The highest BCUT2D eigenvalue weighted by Crippen LogP contribution is 2.29. The van der Waals surface area contributed by atoms with E-state index in [1.807, 2.05) is 0 Å². The number of allylic oxidation sites excluding steroid dienone is 1. The van der Waals surface area contributed by atoms with Crippen molar-refractivity contribution in [2.24, 2.45) is 0 Å². The highest BCUT2D eigenvalue weighted by Gasteiger charge is 2.10. The lowest BCUT2D eigenvalue weighted by Crippen LogP contribution is -2.03. The highest BCUT2D eigenvalue weighted by molar-refractivity contribution is 5.57. The molecule has 0 spiro atoms. The minimum absolute atomic E-state index is 0.0578. The van der Waals surface area contributed by atoms with Gasteiger partial charge in [-0.25, -0.2) is 0 Å². The van der Waals surface area contributed by atoms with Crippen molar-refractivity contribution < 1.29 is 18.3 Å². The monoisotopic (exact) mass is 225 g/mol. The summed E-state index contributed by atoms with van der Waals surface area (Å²) >= 11 is 0. The van der Waals surface area contributed by atoms with Gasteiger partial charge in [-0.2, -0.15) is 14.0 Å². The van der Waals surface area contributed by atoms with Gasteiger partial charge in [0, 0.05) is 6.08 Å². The number of hydrogen-bond acceptors (Lipinski definition) is 3. The van der Waals surface area contributed by atoms with Gasteiger partial charge in [0.1, 0.15) is 0 Å². The van der Waals surface area contributed by atoms with Crippen LogP contribution in [0.15, 0.2) is 24.3 Å². The number of benzene rings is 1. The van der Waals surface area contributed by atoms with E-state index in [0.29, 0.717) is 5.56 Å². The molecule has 16 heavy (non-hydrogen) atoms. The van der Waals surface area contributed by atoms with Gasteiger partial charge in [-0.1, -0.05) is 6.07 Å². The molecule has 0 unspecified atom stereocenters. The topological polar surface area (TPSA) is 42.2 Å². The first-order valence-electron chi connectivity index (χ1n) is 4.36. The third-order valence-electron chi connectivity index (χ3n) is 1.75. The summed E-state index contributed by atoms with van der Waals surface area (Å²) in [4.78, 5) is 0. The van der Waals surface area contributed by atoms with Crippen LogP contribution >= 0.6 is 0 Å². The molecular formula is C11H9F2NO2. The molecule has 0 aromatic heterocycles. The van der Waals surface area contributed by atoms with Gasteiger partial charge in [0.2, 0.25) is 0 Å². The zero-order chi connectivity index (χ0) is 12.0. The lowest BCUT2D eigenvalue weighted by Gasteiger charge is -2.10. The predicted molar refractivity (Wildman–Crippen MR) is 54.3 cm³/mol. The van der Waals surface area contributed by atoms with Crippen molar-refractivity contribution in [3.05, 3.63) is 29.8 Å². The van der Waals surface area contributed by atoms with Gasteiger partial charge in [-0.15, -0.1) is 0 Å². The van der Waals surface area contributed by atoms with E-state index in [4.69, 9.17) is 10.00 Å². The largest absolute Gasteiger partial charge is 0.493 e. The molecule has 0 atom stereocenters. The van der Waals surface area contributed by atoms with E-state index in [1.165, 1.54) is 31.4 Å². The van der Waals surface area contributed by atoms with E-state index < -0.39 is 6.61 Å². The molecule has 1 aromatic carbocycles. The molecular weight excluding hydrogens is 216 g/mol. The fraction of sp³-hybridized carbons (Fsp3) is 0.182. The third-order valence-corrected chi connectivity index (χ3v) is 1.75. The Kier molecular flexibility index (Phi) is 4.28. The van der Waals surface area contributed by atoms with E-state index in [1.54, 1.807) is 12.1 Å². The van der Waals surface area contributed by atoms with E-state index >= 15 is 0 Å². The summed E-state index contributed by atoms with van der Waals surface area (Å²) in [7, 11) is 1.36. The maximum Gasteiger partial charge on any atom is 0.387 e. The quantitative estimate of drug-likeness (QED) is 0.740. The second kappa shape index (κ2) is 5.71. The van der Waals surface area contributed by atoms with Gasteiger partial charge in [0.15, 0.2) is 11.5 Å². The number of rotatable bonds is 4. The van der Waals surface area contributed by atoms with Crippen LogP contribution in [0.25, 0.3) is 6.08 Å². The molecule has 0 bridgehead atoms. The SMILES string of the molecule is COc1ccc(C=CC#N)cc1OC(F)F.